The lowest BCUT2D eigenvalue weighted by Gasteiger charge is -2.18. The van der Waals surface area contributed by atoms with Gasteiger partial charge in [-0.1, -0.05) is 54.4 Å². The van der Waals surface area contributed by atoms with Crippen molar-refractivity contribution >= 4 is 11.6 Å². The molecule has 2 aromatic carbocycles. The molecule has 1 atom stereocenters. The number of hydrogen-bond donors (Lipinski definition) is 2. The SMILES string of the molecule is CCC(NCc1ccc(O)c(Cl)c1)c1ccc(C)cc1. The maximum atomic E-state index is 9.42. The number of aromatic hydroxyl groups is 1. The monoisotopic (exact) mass is 289 g/mol. The molecule has 20 heavy (non-hydrogen) atoms. The smallest absolute Gasteiger partial charge is 0.134 e. The van der Waals surface area contributed by atoms with Crippen molar-refractivity contribution < 1.29 is 5.11 Å². The van der Waals surface area contributed by atoms with Gasteiger partial charge >= 0.3 is 0 Å². The highest BCUT2D eigenvalue weighted by molar-refractivity contribution is 6.32. The lowest BCUT2D eigenvalue weighted by Crippen LogP contribution is -2.20. The van der Waals surface area contributed by atoms with Crippen molar-refractivity contribution in [2.45, 2.75) is 32.9 Å². The van der Waals surface area contributed by atoms with Gasteiger partial charge in [-0.25, -0.2) is 0 Å². The van der Waals surface area contributed by atoms with Crippen LogP contribution in [0.15, 0.2) is 42.5 Å². The average molecular weight is 290 g/mol. The Balaban J connectivity index is 2.03. The fourth-order valence-corrected chi connectivity index (χ4v) is 2.40. The number of hydrogen-bond acceptors (Lipinski definition) is 2. The zero-order valence-corrected chi connectivity index (χ0v) is 12.6. The van der Waals surface area contributed by atoms with Crippen LogP contribution in [0.1, 0.15) is 36.1 Å². The van der Waals surface area contributed by atoms with E-state index in [0.29, 0.717) is 11.1 Å². The van der Waals surface area contributed by atoms with E-state index in [1.54, 1.807) is 12.1 Å². The fraction of sp³-hybridized carbons (Fsp3) is 0.294. The number of aryl methyl sites for hydroxylation is 1. The van der Waals surface area contributed by atoms with Crippen molar-refractivity contribution in [3.63, 3.8) is 0 Å². The molecule has 2 aromatic rings. The predicted molar refractivity (Wildman–Crippen MR) is 84.2 cm³/mol. The van der Waals surface area contributed by atoms with E-state index in [9.17, 15) is 5.11 Å². The molecule has 3 heteroatoms. The zero-order chi connectivity index (χ0) is 14.5. The van der Waals surface area contributed by atoms with Gasteiger partial charge in [0.05, 0.1) is 5.02 Å². The third-order valence-electron chi connectivity index (χ3n) is 3.45. The minimum Gasteiger partial charge on any atom is -0.506 e. The number of phenolic OH excluding ortho intramolecular Hbond substituents is 1. The summed E-state index contributed by atoms with van der Waals surface area (Å²) in [6.45, 7) is 4.99. The van der Waals surface area contributed by atoms with Crippen LogP contribution in [0, 0.1) is 6.92 Å². The third-order valence-corrected chi connectivity index (χ3v) is 3.76. The first-order valence-electron chi connectivity index (χ1n) is 6.87. The molecule has 2 rings (SSSR count). The Morgan fingerprint density at radius 3 is 2.45 bits per heavy atom. The van der Waals surface area contributed by atoms with Crippen LogP contribution < -0.4 is 5.32 Å². The van der Waals surface area contributed by atoms with Gasteiger partial charge in [0, 0.05) is 12.6 Å². The molecule has 0 aliphatic heterocycles. The molecule has 1 unspecified atom stereocenters. The van der Waals surface area contributed by atoms with Crippen LogP contribution in [0.5, 0.6) is 5.75 Å². The van der Waals surface area contributed by atoms with Gasteiger partial charge in [-0.05, 0) is 36.6 Å². The van der Waals surface area contributed by atoms with Crippen LogP contribution in [0.4, 0.5) is 0 Å². The number of phenols is 1. The Labute approximate surface area is 125 Å². The van der Waals surface area contributed by atoms with Gasteiger partial charge in [-0.15, -0.1) is 0 Å². The molecule has 2 N–H and O–H groups in total. The Bertz CT molecular complexity index is 566. The van der Waals surface area contributed by atoms with Crippen molar-refractivity contribution in [1.82, 2.24) is 5.32 Å². The van der Waals surface area contributed by atoms with Crippen molar-refractivity contribution in [3.8, 4) is 5.75 Å². The first-order chi connectivity index (χ1) is 9.60. The number of halogens is 1. The van der Waals surface area contributed by atoms with Gasteiger partial charge in [0.25, 0.3) is 0 Å². The summed E-state index contributed by atoms with van der Waals surface area (Å²) in [4.78, 5) is 0. The molecule has 106 valence electrons. The van der Waals surface area contributed by atoms with E-state index < -0.39 is 0 Å². The molecule has 0 spiro atoms. The summed E-state index contributed by atoms with van der Waals surface area (Å²) in [5.74, 6) is 0.126. The molecule has 0 heterocycles. The van der Waals surface area contributed by atoms with Crippen LogP contribution in [-0.2, 0) is 6.54 Å². The molecule has 0 aliphatic rings. The minimum absolute atomic E-state index is 0.126. The molecule has 2 nitrogen and oxygen atoms in total. The zero-order valence-electron chi connectivity index (χ0n) is 11.9. The summed E-state index contributed by atoms with van der Waals surface area (Å²) in [6.07, 6.45) is 1.02. The Hall–Kier alpha value is -1.51. The predicted octanol–water partition coefficient (Wildman–Crippen LogP) is 4.59. The van der Waals surface area contributed by atoms with Gasteiger partial charge in [0.15, 0.2) is 0 Å². The van der Waals surface area contributed by atoms with Crippen molar-refractivity contribution in [3.05, 3.63) is 64.2 Å². The summed E-state index contributed by atoms with van der Waals surface area (Å²) in [5, 5.41) is 13.3. The first kappa shape index (κ1) is 14.9. The van der Waals surface area contributed by atoms with Gasteiger partial charge in [-0.2, -0.15) is 0 Å². The van der Waals surface area contributed by atoms with E-state index in [2.05, 4.69) is 43.4 Å². The quantitative estimate of drug-likeness (QED) is 0.843. The Morgan fingerprint density at radius 2 is 1.85 bits per heavy atom. The molecule has 0 bridgehead atoms. The van der Waals surface area contributed by atoms with E-state index >= 15 is 0 Å². The second kappa shape index (κ2) is 6.78. The minimum atomic E-state index is 0.126. The lowest BCUT2D eigenvalue weighted by molar-refractivity contribution is 0.474. The number of nitrogens with one attached hydrogen (secondary N) is 1. The van der Waals surface area contributed by atoms with Crippen LogP contribution >= 0.6 is 11.6 Å². The summed E-state index contributed by atoms with van der Waals surface area (Å²) in [5.41, 5.74) is 3.63. The van der Waals surface area contributed by atoms with E-state index in [0.717, 1.165) is 18.5 Å². The second-order valence-corrected chi connectivity index (χ2v) is 5.45. The topological polar surface area (TPSA) is 32.3 Å². The standard InChI is InChI=1S/C17H20ClNO/c1-3-16(14-7-4-12(2)5-8-14)19-11-13-6-9-17(20)15(18)10-13/h4-10,16,19-20H,3,11H2,1-2H3. The molecule has 0 aliphatic carbocycles. The Kier molecular flexibility index (Phi) is 5.05. The fourth-order valence-electron chi connectivity index (χ4n) is 2.20. The maximum absolute atomic E-state index is 9.42. The molecular weight excluding hydrogens is 270 g/mol. The van der Waals surface area contributed by atoms with Crippen molar-refractivity contribution in [2.24, 2.45) is 0 Å². The molecule has 0 aromatic heterocycles. The summed E-state index contributed by atoms with van der Waals surface area (Å²) in [6, 6.07) is 14.2. The molecule has 0 saturated carbocycles. The van der Waals surface area contributed by atoms with Gasteiger partial charge in [0.1, 0.15) is 5.75 Å². The van der Waals surface area contributed by atoms with Gasteiger partial charge in [-0.3, -0.25) is 0 Å². The summed E-state index contributed by atoms with van der Waals surface area (Å²) in [7, 11) is 0. The van der Waals surface area contributed by atoms with E-state index in [-0.39, 0.29) is 5.75 Å². The number of rotatable bonds is 5. The van der Waals surface area contributed by atoms with E-state index in [1.165, 1.54) is 11.1 Å². The molecule has 0 amide bonds. The molecule has 0 saturated heterocycles. The highest BCUT2D eigenvalue weighted by atomic mass is 35.5. The molecular formula is C17H20ClNO. The first-order valence-corrected chi connectivity index (χ1v) is 7.25. The van der Waals surface area contributed by atoms with Crippen LogP contribution in [-0.4, -0.2) is 5.11 Å². The van der Waals surface area contributed by atoms with Gasteiger partial charge < -0.3 is 10.4 Å². The largest absolute Gasteiger partial charge is 0.506 e. The summed E-state index contributed by atoms with van der Waals surface area (Å²) >= 11 is 5.92. The van der Waals surface area contributed by atoms with Crippen LogP contribution in [0.25, 0.3) is 0 Å². The third kappa shape index (κ3) is 3.75. The molecule has 0 fully saturated rings. The van der Waals surface area contributed by atoms with Crippen LogP contribution in [0.2, 0.25) is 5.02 Å². The van der Waals surface area contributed by atoms with Crippen molar-refractivity contribution in [1.29, 1.82) is 0 Å². The Morgan fingerprint density at radius 1 is 1.15 bits per heavy atom. The van der Waals surface area contributed by atoms with Crippen LogP contribution in [0.3, 0.4) is 0 Å². The number of benzene rings is 2. The molecule has 0 radical (unpaired) electrons. The highest BCUT2D eigenvalue weighted by Gasteiger charge is 2.09. The average Bonchev–Trinajstić information content (AvgIpc) is 2.45. The highest BCUT2D eigenvalue weighted by Crippen LogP contribution is 2.24. The van der Waals surface area contributed by atoms with E-state index in [1.807, 2.05) is 6.07 Å². The van der Waals surface area contributed by atoms with Gasteiger partial charge in [0.2, 0.25) is 0 Å². The maximum Gasteiger partial charge on any atom is 0.134 e. The lowest BCUT2D eigenvalue weighted by atomic mass is 10.0. The normalized spacial score (nSPS) is 12.3. The second-order valence-electron chi connectivity index (χ2n) is 5.04. The van der Waals surface area contributed by atoms with Crippen molar-refractivity contribution in [2.75, 3.05) is 0 Å². The van der Waals surface area contributed by atoms with E-state index in [4.69, 9.17) is 11.6 Å². The summed E-state index contributed by atoms with van der Waals surface area (Å²) < 4.78 is 0.